The molecule has 0 spiro atoms. The van der Waals surface area contributed by atoms with Gasteiger partial charge in [-0.25, -0.2) is 4.98 Å². The van der Waals surface area contributed by atoms with Crippen LogP contribution in [0.25, 0.3) is 22.4 Å². The second-order valence-electron chi connectivity index (χ2n) is 9.73. The van der Waals surface area contributed by atoms with Crippen LogP contribution < -0.4 is 0 Å². The van der Waals surface area contributed by atoms with Crippen LogP contribution in [0.15, 0.2) is 54.6 Å². The number of hydrogen-bond donors (Lipinski definition) is 0. The van der Waals surface area contributed by atoms with Gasteiger partial charge in [0.05, 0.1) is 15.9 Å². The van der Waals surface area contributed by atoms with Gasteiger partial charge >= 0.3 is 0 Å². The minimum atomic E-state index is 0.113. The van der Waals surface area contributed by atoms with Crippen molar-refractivity contribution in [2.75, 3.05) is 0 Å². The van der Waals surface area contributed by atoms with Crippen molar-refractivity contribution in [3.8, 4) is 23.7 Å². The number of carbonyl (C=O) groups excluding carboxylic acids is 2. The van der Waals surface area contributed by atoms with Crippen LogP contribution in [-0.4, -0.2) is 21.1 Å². The molecule has 4 nitrogen and oxygen atoms in total. The molecule has 36 heavy (non-hydrogen) atoms. The summed E-state index contributed by atoms with van der Waals surface area (Å²) >= 11 is 1.59. The Labute approximate surface area is 216 Å². The number of benzene rings is 2. The van der Waals surface area contributed by atoms with E-state index in [1.165, 1.54) is 4.88 Å². The van der Waals surface area contributed by atoms with Gasteiger partial charge in [0.25, 0.3) is 0 Å². The van der Waals surface area contributed by atoms with E-state index in [1.807, 2.05) is 68.4 Å². The predicted octanol–water partition coefficient (Wildman–Crippen LogP) is 7.65. The Morgan fingerprint density at radius 2 is 1.97 bits per heavy atom. The van der Waals surface area contributed by atoms with Gasteiger partial charge in [0, 0.05) is 40.5 Å². The summed E-state index contributed by atoms with van der Waals surface area (Å²) < 4.78 is 2.33. The quantitative estimate of drug-likeness (QED) is 0.196. The molecule has 0 radical (unpaired) electrons. The predicted molar refractivity (Wildman–Crippen MR) is 147 cm³/mol. The molecule has 0 bridgehead atoms. The molecule has 1 aliphatic carbocycles. The van der Waals surface area contributed by atoms with Crippen molar-refractivity contribution >= 4 is 33.9 Å². The zero-order valence-electron chi connectivity index (χ0n) is 20.8. The lowest BCUT2D eigenvalue weighted by Crippen LogP contribution is -2.22. The van der Waals surface area contributed by atoms with Crippen molar-refractivity contribution in [1.82, 2.24) is 9.55 Å². The Morgan fingerprint density at radius 1 is 1.11 bits per heavy atom. The fourth-order valence-electron chi connectivity index (χ4n) is 5.43. The first-order valence-electron chi connectivity index (χ1n) is 12.7. The number of terminal acetylenes is 1. The Hall–Kier alpha value is -3.49. The Morgan fingerprint density at radius 3 is 2.72 bits per heavy atom. The first-order valence-corrected chi connectivity index (χ1v) is 13.5. The second-order valence-corrected chi connectivity index (χ2v) is 11.0. The molecule has 0 N–H and O–H groups in total. The van der Waals surface area contributed by atoms with Gasteiger partial charge in [0.15, 0.2) is 11.6 Å². The van der Waals surface area contributed by atoms with E-state index in [-0.39, 0.29) is 17.6 Å². The number of aromatic nitrogens is 2. The maximum Gasteiger partial charge on any atom is 0.173 e. The summed E-state index contributed by atoms with van der Waals surface area (Å²) in [6, 6.07) is 18.0. The van der Waals surface area contributed by atoms with Gasteiger partial charge in [-0.1, -0.05) is 31.4 Å². The van der Waals surface area contributed by atoms with E-state index in [0.29, 0.717) is 24.3 Å². The van der Waals surface area contributed by atoms with Crippen LogP contribution in [0.2, 0.25) is 0 Å². The molecular formula is C31H30N2O2S. The topological polar surface area (TPSA) is 52.0 Å². The van der Waals surface area contributed by atoms with Gasteiger partial charge < -0.3 is 4.57 Å². The van der Waals surface area contributed by atoms with Crippen molar-refractivity contribution in [2.24, 2.45) is 5.92 Å². The highest BCUT2D eigenvalue weighted by molar-refractivity contribution is 7.14. The van der Waals surface area contributed by atoms with Crippen LogP contribution in [0.4, 0.5) is 0 Å². The first kappa shape index (κ1) is 24.2. The maximum absolute atomic E-state index is 13.0. The molecule has 0 amide bonds. The molecule has 0 aliphatic heterocycles. The normalized spacial score (nSPS) is 17.7. The molecule has 5 rings (SSSR count). The summed E-state index contributed by atoms with van der Waals surface area (Å²) in [5, 5.41) is 0. The third-order valence-corrected chi connectivity index (χ3v) is 8.27. The number of thiophene rings is 1. The lowest BCUT2D eigenvalue weighted by molar-refractivity contribution is 0.0944. The molecule has 2 atom stereocenters. The SMILES string of the molecule is C#Cc1cccc(-c2nc3cc(C(=O)CC)ccc3n2[C@H]2CCC[C@@H](CC(=O)c3ccc(C)s3)C2)c1. The third kappa shape index (κ3) is 4.79. The molecule has 182 valence electrons. The highest BCUT2D eigenvalue weighted by Gasteiger charge is 2.29. The number of Topliss-reactive ketones (excluding diaryl/α,β-unsaturated/α-hetero) is 2. The van der Waals surface area contributed by atoms with Gasteiger partial charge in [-0.3, -0.25) is 9.59 Å². The molecule has 2 aromatic heterocycles. The van der Waals surface area contributed by atoms with E-state index in [1.54, 1.807) is 11.3 Å². The summed E-state index contributed by atoms with van der Waals surface area (Å²) in [5.74, 6) is 4.30. The number of hydrogen-bond acceptors (Lipinski definition) is 4. The molecule has 1 fully saturated rings. The van der Waals surface area contributed by atoms with E-state index in [4.69, 9.17) is 11.4 Å². The number of ketones is 2. The lowest BCUT2D eigenvalue weighted by atomic mass is 9.82. The number of carbonyl (C=O) groups is 2. The van der Waals surface area contributed by atoms with Crippen molar-refractivity contribution in [3.63, 3.8) is 0 Å². The van der Waals surface area contributed by atoms with Crippen LogP contribution >= 0.6 is 11.3 Å². The Balaban J connectivity index is 1.53. The largest absolute Gasteiger partial charge is 0.321 e. The number of imidazole rings is 1. The number of aryl methyl sites for hydroxylation is 1. The molecule has 0 unspecified atom stereocenters. The van der Waals surface area contributed by atoms with Crippen LogP contribution in [0.3, 0.4) is 0 Å². The van der Waals surface area contributed by atoms with Crippen molar-refractivity contribution in [1.29, 1.82) is 0 Å². The molecule has 2 aromatic carbocycles. The highest BCUT2D eigenvalue weighted by Crippen LogP contribution is 2.40. The molecule has 1 saturated carbocycles. The fourth-order valence-corrected chi connectivity index (χ4v) is 6.24. The molecule has 2 heterocycles. The van der Waals surface area contributed by atoms with E-state index >= 15 is 0 Å². The zero-order valence-corrected chi connectivity index (χ0v) is 21.6. The van der Waals surface area contributed by atoms with Crippen LogP contribution in [0, 0.1) is 25.2 Å². The third-order valence-electron chi connectivity index (χ3n) is 7.23. The summed E-state index contributed by atoms with van der Waals surface area (Å²) in [6.07, 6.45) is 10.8. The van der Waals surface area contributed by atoms with Gasteiger partial charge in [0.1, 0.15) is 5.82 Å². The summed E-state index contributed by atoms with van der Waals surface area (Å²) in [7, 11) is 0. The average Bonchev–Trinajstić information content (AvgIpc) is 3.51. The number of nitrogens with zero attached hydrogens (tertiary/aromatic N) is 2. The zero-order chi connectivity index (χ0) is 25.2. The molecule has 1 aliphatic rings. The Kier molecular flexibility index (Phi) is 6.89. The standard InChI is InChI=1S/C31H30N2O2S/c1-4-21-8-6-10-24(16-21)31-32-26-19-23(28(34)5-2)13-14-27(26)33(31)25-11-7-9-22(17-25)18-29(35)30-15-12-20(3)36-30/h1,6,8,10,12-16,19,22,25H,5,7,9,11,17-18H2,2-3H3/t22-,25+/m1/s1. The van der Waals surface area contributed by atoms with Crippen molar-refractivity contribution < 1.29 is 9.59 Å². The van der Waals surface area contributed by atoms with E-state index in [2.05, 4.69) is 10.5 Å². The minimum Gasteiger partial charge on any atom is -0.321 e. The number of fused-ring (bicyclic) bond motifs is 1. The molecule has 5 heteroatoms. The summed E-state index contributed by atoms with van der Waals surface area (Å²) in [5.41, 5.74) is 4.32. The number of rotatable bonds is 7. The Bertz CT molecular complexity index is 1490. The first-order chi connectivity index (χ1) is 17.5. The van der Waals surface area contributed by atoms with Gasteiger partial charge in [-0.2, -0.15) is 0 Å². The maximum atomic E-state index is 13.0. The smallest absolute Gasteiger partial charge is 0.173 e. The lowest BCUT2D eigenvalue weighted by Gasteiger charge is -2.31. The summed E-state index contributed by atoms with van der Waals surface area (Å²) in [4.78, 5) is 32.4. The minimum absolute atomic E-state index is 0.113. The van der Waals surface area contributed by atoms with Crippen molar-refractivity contribution in [3.05, 3.63) is 75.5 Å². The average molecular weight is 495 g/mol. The van der Waals surface area contributed by atoms with Gasteiger partial charge in [-0.05, 0) is 74.6 Å². The van der Waals surface area contributed by atoms with E-state index in [9.17, 15) is 9.59 Å². The van der Waals surface area contributed by atoms with Gasteiger partial charge in [-0.15, -0.1) is 17.8 Å². The van der Waals surface area contributed by atoms with Gasteiger partial charge in [0.2, 0.25) is 0 Å². The van der Waals surface area contributed by atoms with Crippen LogP contribution in [0.1, 0.15) is 82.0 Å². The van der Waals surface area contributed by atoms with Crippen molar-refractivity contribution in [2.45, 2.75) is 58.4 Å². The van der Waals surface area contributed by atoms with Crippen LogP contribution in [0.5, 0.6) is 0 Å². The van der Waals surface area contributed by atoms with E-state index < -0.39 is 0 Å². The monoisotopic (exact) mass is 494 g/mol. The van der Waals surface area contributed by atoms with Crippen LogP contribution in [-0.2, 0) is 0 Å². The van der Waals surface area contributed by atoms with E-state index in [0.717, 1.165) is 58.5 Å². The fraction of sp³-hybridized carbons (Fsp3) is 0.323. The molecule has 0 saturated heterocycles. The molecule has 4 aromatic rings. The summed E-state index contributed by atoms with van der Waals surface area (Å²) in [6.45, 7) is 3.92. The second kappa shape index (κ2) is 10.2. The molecular weight excluding hydrogens is 464 g/mol. The highest BCUT2D eigenvalue weighted by atomic mass is 32.1.